The van der Waals surface area contributed by atoms with Gasteiger partial charge in [-0.05, 0) is 25.3 Å². The highest BCUT2D eigenvalue weighted by molar-refractivity contribution is 4.84. The summed E-state index contributed by atoms with van der Waals surface area (Å²) < 4.78 is 5.18. The van der Waals surface area contributed by atoms with E-state index in [2.05, 4.69) is 25.8 Å². The van der Waals surface area contributed by atoms with Crippen molar-refractivity contribution in [2.75, 3.05) is 27.3 Å². The van der Waals surface area contributed by atoms with E-state index >= 15 is 0 Å². The number of rotatable bonds is 3. The highest BCUT2D eigenvalue weighted by Gasteiger charge is 2.30. The average molecular weight is 171 g/mol. The number of hydrogen-bond acceptors (Lipinski definition) is 2. The fourth-order valence-corrected chi connectivity index (χ4v) is 1.99. The molecular weight excluding hydrogens is 150 g/mol. The van der Waals surface area contributed by atoms with Crippen LogP contribution in [0.2, 0.25) is 0 Å². The molecule has 2 nitrogen and oxygen atoms in total. The normalized spacial score (nSPS) is 31.8. The maximum absolute atomic E-state index is 5.18. The van der Waals surface area contributed by atoms with E-state index in [1.165, 1.54) is 13.0 Å². The molecule has 1 saturated heterocycles. The standard InChI is InChI=1S/C10H21NO/c1-8(2)9-5-10(7-12-4)11(3)6-9/h8-10H,5-7H2,1-4H3/t9-,10+/m0/s1. The van der Waals surface area contributed by atoms with Gasteiger partial charge in [-0.1, -0.05) is 13.8 Å². The zero-order chi connectivity index (χ0) is 9.14. The number of methoxy groups -OCH3 is 1. The van der Waals surface area contributed by atoms with E-state index in [0.29, 0.717) is 6.04 Å². The van der Waals surface area contributed by atoms with E-state index < -0.39 is 0 Å². The highest BCUT2D eigenvalue weighted by atomic mass is 16.5. The average Bonchev–Trinajstić information content (AvgIpc) is 2.34. The quantitative estimate of drug-likeness (QED) is 0.639. The Bertz CT molecular complexity index is 136. The lowest BCUT2D eigenvalue weighted by atomic mass is 9.93. The summed E-state index contributed by atoms with van der Waals surface area (Å²) in [5.74, 6) is 1.68. The molecule has 0 amide bonds. The first-order chi connectivity index (χ1) is 5.65. The van der Waals surface area contributed by atoms with Gasteiger partial charge < -0.3 is 9.64 Å². The minimum atomic E-state index is 0.655. The first kappa shape index (κ1) is 10.0. The largest absolute Gasteiger partial charge is 0.383 e. The van der Waals surface area contributed by atoms with Crippen molar-refractivity contribution in [3.05, 3.63) is 0 Å². The molecule has 0 unspecified atom stereocenters. The van der Waals surface area contributed by atoms with Crippen molar-refractivity contribution < 1.29 is 4.74 Å². The topological polar surface area (TPSA) is 12.5 Å². The number of hydrogen-bond donors (Lipinski definition) is 0. The summed E-state index contributed by atoms with van der Waals surface area (Å²) in [6.07, 6.45) is 1.31. The fourth-order valence-electron chi connectivity index (χ4n) is 1.99. The Labute approximate surface area is 75.9 Å². The Morgan fingerprint density at radius 3 is 2.58 bits per heavy atom. The molecule has 0 saturated carbocycles. The predicted molar refractivity (Wildman–Crippen MR) is 51.2 cm³/mol. The van der Waals surface area contributed by atoms with Gasteiger partial charge in [0.05, 0.1) is 6.61 Å². The Morgan fingerprint density at radius 1 is 1.50 bits per heavy atom. The van der Waals surface area contributed by atoms with Gasteiger partial charge in [0.1, 0.15) is 0 Å². The number of likely N-dealkylation sites (N-methyl/N-ethyl adjacent to an activating group) is 1. The van der Waals surface area contributed by atoms with Gasteiger partial charge in [-0.3, -0.25) is 0 Å². The molecule has 2 atom stereocenters. The van der Waals surface area contributed by atoms with E-state index in [1.807, 2.05) is 0 Å². The van der Waals surface area contributed by atoms with Crippen LogP contribution in [0.15, 0.2) is 0 Å². The molecule has 0 bridgehead atoms. The molecule has 0 radical (unpaired) electrons. The van der Waals surface area contributed by atoms with Crippen molar-refractivity contribution in [2.24, 2.45) is 11.8 Å². The van der Waals surface area contributed by atoms with Gasteiger partial charge in [-0.15, -0.1) is 0 Å². The van der Waals surface area contributed by atoms with Gasteiger partial charge in [0.2, 0.25) is 0 Å². The summed E-state index contributed by atoms with van der Waals surface area (Å²) in [5.41, 5.74) is 0. The van der Waals surface area contributed by atoms with Crippen LogP contribution in [-0.4, -0.2) is 38.3 Å². The Morgan fingerprint density at radius 2 is 2.17 bits per heavy atom. The zero-order valence-corrected chi connectivity index (χ0v) is 8.71. The summed E-state index contributed by atoms with van der Waals surface area (Å²) in [6, 6.07) is 0.655. The molecule has 0 aromatic rings. The molecule has 0 aromatic heterocycles. The van der Waals surface area contributed by atoms with Gasteiger partial charge in [-0.25, -0.2) is 0 Å². The summed E-state index contributed by atoms with van der Waals surface area (Å²) >= 11 is 0. The van der Waals surface area contributed by atoms with E-state index in [9.17, 15) is 0 Å². The molecule has 1 rings (SSSR count). The van der Waals surface area contributed by atoms with Crippen LogP contribution in [0.4, 0.5) is 0 Å². The number of likely N-dealkylation sites (tertiary alicyclic amines) is 1. The van der Waals surface area contributed by atoms with Gasteiger partial charge in [-0.2, -0.15) is 0 Å². The second kappa shape index (κ2) is 4.24. The number of ether oxygens (including phenoxy) is 1. The van der Waals surface area contributed by atoms with Crippen LogP contribution >= 0.6 is 0 Å². The molecule has 0 N–H and O–H groups in total. The minimum absolute atomic E-state index is 0.655. The molecule has 0 spiro atoms. The van der Waals surface area contributed by atoms with Crippen molar-refractivity contribution in [3.8, 4) is 0 Å². The maximum atomic E-state index is 5.18. The molecule has 12 heavy (non-hydrogen) atoms. The van der Waals surface area contributed by atoms with Crippen molar-refractivity contribution in [2.45, 2.75) is 26.3 Å². The van der Waals surface area contributed by atoms with Crippen molar-refractivity contribution in [1.82, 2.24) is 4.90 Å². The summed E-state index contributed by atoms with van der Waals surface area (Å²) in [4.78, 5) is 2.42. The summed E-state index contributed by atoms with van der Waals surface area (Å²) in [7, 11) is 3.99. The van der Waals surface area contributed by atoms with Crippen LogP contribution in [0.5, 0.6) is 0 Å². The van der Waals surface area contributed by atoms with Crippen LogP contribution in [-0.2, 0) is 4.74 Å². The van der Waals surface area contributed by atoms with E-state index in [0.717, 1.165) is 18.4 Å². The molecule has 1 aliphatic heterocycles. The van der Waals surface area contributed by atoms with Gasteiger partial charge in [0.25, 0.3) is 0 Å². The SMILES string of the molecule is COC[C@H]1C[C@H](C(C)C)CN1C. The second-order valence-corrected chi connectivity index (χ2v) is 4.29. The maximum Gasteiger partial charge on any atom is 0.0618 e. The van der Waals surface area contributed by atoms with E-state index in [-0.39, 0.29) is 0 Å². The Kier molecular flexibility index (Phi) is 3.53. The third-order valence-corrected chi connectivity index (χ3v) is 3.02. The lowest BCUT2D eigenvalue weighted by Crippen LogP contribution is -2.28. The molecule has 1 aliphatic rings. The molecule has 2 heteroatoms. The Hall–Kier alpha value is -0.0800. The third kappa shape index (κ3) is 2.20. The van der Waals surface area contributed by atoms with Crippen LogP contribution in [0.1, 0.15) is 20.3 Å². The summed E-state index contributed by atoms with van der Waals surface area (Å²) in [5, 5.41) is 0. The zero-order valence-electron chi connectivity index (χ0n) is 8.71. The fraction of sp³-hybridized carbons (Fsp3) is 1.00. The lowest BCUT2D eigenvalue weighted by Gasteiger charge is -2.17. The molecule has 0 aliphatic carbocycles. The molecular formula is C10H21NO. The van der Waals surface area contributed by atoms with Gasteiger partial charge in [0, 0.05) is 19.7 Å². The van der Waals surface area contributed by atoms with Crippen LogP contribution in [0, 0.1) is 11.8 Å². The van der Waals surface area contributed by atoms with E-state index in [4.69, 9.17) is 4.74 Å². The van der Waals surface area contributed by atoms with Crippen molar-refractivity contribution in [1.29, 1.82) is 0 Å². The van der Waals surface area contributed by atoms with Crippen molar-refractivity contribution in [3.63, 3.8) is 0 Å². The first-order valence-corrected chi connectivity index (χ1v) is 4.84. The molecule has 1 fully saturated rings. The van der Waals surface area contributed by atoms with Crippen LogP contribution in [0.3, 0.4) is 0 Å². The molecule has 72 valence electrons. The van der Waals surface area contributed by atoms with Crippen molar-refractivity contribution >= 4 is 0 Å². The third-order valence-electron chi connectivity index (χ3n) is 3.02. The van der Waals surface area contributed by atoms with Crippen LogP contribution in [0.25, 0.3) is 0 Å². The van der Waals surface area contributed by atoms with E-state index in [1.54, 1.807) is 7.11 Å². The predicted octanol–water partition coefficient (Wildman–Crippen LogP) is 1.61. The second-order valence-electron chi connectivity index (χ2n) is 4.29. The first-order valence-electron chi connectivity index (χ1n) is 4.84. The Balaban J connectivity index is 2.39. The summed E-state index contributed by atoms with van der Waals surface area (Å²) in [6.45, 7) is 6.76. The van der Waals surface area contributed by atoms with Gasteiger partial charge in [0.15, 0.2) is 0 Å². The minimum Gasteiger partial charge on any atom is -0.383 e. The molecule has 1 heterocycles. The smallest absolute Gasteiger partial charge is 0.0618 e. The highest BCUT2D eigenvalue weighted by Crippen LogP contribution is 2.27. The number of nitrogens with zero attached hydrogens (tertiary/aromatic N) is 1. The monoisotopic (exact) mass is 171 g/mol. The van der Waals surface area contributed by atoms with Gasteiger partial charge >= 0.3 is 0 Å². The molecule has 0 aromatic carbocycles. The van der Waals surface area contributed by atoms with Crippen LogP contribution < -0.4 is 0 Å². The lowest BCUT2D eigenvalue weighted by molar-refractivity contribution is 0.129.